The average Bonchev–Trinajstić information content (AvgIpc) is 2.78. The Balaban J connectivity index is 2.00. The third kappa shape index (κ3) is 3.25. The zero-order valence-corrected chi connectivity index (χ0v) is 13.3. The van der Waals surface area contributed by atoms with Crippen LogP contribution in [-0.4, -0.2) is 69.4 Å². The van der Waals surface area contributed by atoms with Crippen LogP contribution in [0, 0.1) is 0 Å². The first-order valence-corrected chi connectivity index (χ1v) is 10.1. The van der Waals surface area contributed by atoms with Crippen LogP contribution in [0.1, 0.15) is 19.8 Å². The van der Waals surface area contributed by atoms with Gasteiger partial charge in [-0.2, -0.15) is 0 Å². The fraction of sp³-hybridized carbons (Fsp3) is 0.909. The lowest BCUT2D eigenvalue weighted by Crippen LogP contribution is -2.54. The summed E-state index contributed by atoms with van der Waals surface area (Å²) >= 11 is 0. The molecule has 0 aromatic heterocycles. The van der Waals surface area contributed by atoms with Crippen molar-refractivity contribution in [1.82, 2.24) is 10.2 Å². The Bertz CT molecular complexity index is 613. The minimum atomic E-state index is -3.10. The molecule has 2 aliphatic rings. The molecule has 20 heavy (non-hydrogen) atoms. The maximum atomic E-state index is 12.1. The van der Waals surface area contributed by atoms with Crippen molar-refractivity contribution in [3.8, 4) is 0 Å². The van der Waals surface area contributed by atoms with Crippen molar-refractivity contribution in [1.29, 1.82) is 0 Å². The van der Waals surface area contributed by atoms with E-state index in [-0.39, 0.29) is 29.1 Å². The molecule has 116 valence electrons. The van der Waals surface area contributed by atoms with Crippen LogP contribution >= 0.6 is 0 Å². The lowest BCUT2D eigenvalue weighted by molar-refractivity contribution is 0.157. The van der Waals surface area contributed by atoms with E-state index in [1.54, 1.807) is 14.0 Å². The van der Waals surface area contributed by atoms with Crippen molar-refractivity contribution in [3.63, 3.8) is 0 Å². The van der Waals surface area contributed by atoms with Gasteiger partial charge in [0.15, 0.2) is 19.7 Å². The van der Waals surface area contributed by atoms with Gasteiger partial charge in [0.05, 0.1) is 28.6 Å². The monoisotopic (exact) mass is 324 g/mol. The molecule has 7 nitrogen and oxygen atoms in total. The van der Waals surface area contributed by atoms with Crippen LogP contribution in [0.5, 0.6) is 0 Å². The van der Waals surface area contributed by atoms with Gasteiger partial charge >= 0.3 is 6.03 Å². The number of sulfone groups is 2. The highest BCUT2D eigenvalue weighted by atomic mass is 32.2. The van der Waals surface area contributed by atoms with Crippen LogP contribution in [-0.2, 0) is 19.7 Å². The number of rotatable bonds is 2. The number of nitrogens with one attached hydrogen (secondary N) is 1. The fourth-order valence-electron chi connectivity index (χ4n) is 2.68. The maximum absolute atomic E-state index is 12.1. The average molecular weight is 324 g/mol. The molecular formula is C11H20N2O5S2. The second-order valence-corrected chi connectivity index (χ2v) is 10.4. The van der Waals surface area contributed by atoms with E-state index in [1.165, 1.54) is 4.90 Å². The van der Waals surface area contributed by atoms with E-state index in [0.717, 1.165) is 0 Å². The summed E-state index contributed by atoms with van der Waals surface area (Å²) in [7, 11) is -4.59. The van der Waals surface area contributed by atoms with Gasteiger partial charge in [0.2, 0.25) is 0 Å². The minimum absolute atomic E-state index is 0.0401. The lowest BCUT2D eigenvalue weighted by Gasteiger charge is -2.35. The molecule has 2 aliphatic heterocycles. The quantitative estimate of drug-likeness (QED) is 0.730. The van der Waals surface area contributed by atoms with Gasteiger partial charge < -0.3 is 10.2 Å². The molecule has 2 rings (SSSR count). The maximum Gasteiger partial charge on any atom is 0.317 e. The zero-order chi connectivity index (χ0) is 15.2. The molecule has 0 radical (unpaired) electrons. The van der Waals surface area contributed by atoms with E-state index >= 15 is 0 Å². The Labute approximate surface area is 119 Å². The number of hydrogen-bond donors (Lipinski definition) is 1. The van der Waals surface area contributed by atoms with Crippen molar-refractivity contribution in [2.24, 2.45) is 0 Å². The van der Waals surface area contributed by atoms with Gasteiger partial charge in [-0.1, -0.05) is 0 Å². The van der Waals surface area contributed by atoms with Crippen molar-refractivity contribution in [3.05, 3.63) is 0 Å². The third-order valence-corrected chi connectivity index (χ3v) is 7.81. The summed E-state index contributed by atoms with van der Waals surface area (Å²) in [4.78, 5) is 13.5. The highest BCUT2D eigenvalue weighted by Crippen LogP contribution is 2.28. The van der Waals surface area contributed by atoms with Crippen molar-refractivity contribution in [2.45, 2.75) is 31.3 Å². The highest BCUT2D eigenvalue weighted by Gasteiger charge is 2.44. The Hall–Kier alpha value is -0.830. The molecule has 2 saturated heterocycles. The molecule has 0 saturated carbocycles. The standard InChI is InChI=1S/C11H20N2O5S2/c1-11(4-6-20(17,18)8-11)13(2)10(14)12-9-3-5-19(15,16)7-9/h9H,3-8H2,1-2H3,(H,12,14)/t9-,11+/m0/s1. The molecule has 0 spiro atoms. The molecule has 9 heteroatoms. The SMILES string of the molecule is CN(C(=O)N[C@H]1CCS(=O)(=O)C1)[C@]1(C)CCS(=O)(=O)C1. The van der Waals surface area contributed by atoms with Gasteiger partial charge in [0.1, 0.15) is 0 Å². The summed E-state index contributed by atoms with van der Waals surface area (Å²) in [5.74, 6) is 0.0840. The van der Waals surface area contributed by atoms with Crippen molar-refractivity contribution < 1.29 is 21.6 Å². The van der Waals surface area contributed by atoms with Crippen LogP contribution in [0.3, 0.4) is 0 Å². The summed E-state index contributed by atoms with van der Waals surface area (Å²) < 4.78 is 45.8. The summed E-state index contributed by atoms with van der Waals surface area (Å²) in [5.41, 5.74) is -0.722. The molecule has 2 amide bonds. The number of carbonyl (C=O) groups is 1. The number of carbonyl (C=O) groups excluding carboxylic acids is 1. The molecule has 0 bridgehead atoms. The smallest absolute Gasteiger partial charge is 0.317 e. The van der Waals surface area contributed by atoms with E-state index in [0.29, 0.717) is 12.8 Å². The molecule has 2 fully saturated rings. The van der Waals surface area contributed by atoms with Crippen LogP contribution in [0.15, 0.2) is 0 Å². The second kappa shape index (κ2) is 4.87. The molecule has 2 heterocycles. The van der Waals surface area contributed by atoms with E-state index < -0.39 is 31.2 Å². The van der Waals surface area contributed by atoms with Gasteiger partial charge in [-0.15, -0.1) is 0 Å². The first kappa shape index (κ1) is 15.6. The van der Waals surface area contributed by atoms with Crippen LogP contribution in [0.25, 0.3) is 0 Å². The highest BCUT2D eigenvalue weighted by molar-refractivity contribution is 7.92. The Morgan fingerprint density at radius 3 is 2.30 bits per heavy atom. The number of amides is 2. The van der Waals surface area contributed by atoms with E-state index in [2.05, 4.69) is 5.32 Å². The third-order valence-electron chi connectivity index (χ3n) is 4.16. The lowest BCUT2D eigenvalue weighted by atomic mass is 10.0. The molecule has 0 unspecified atom stereocenters. The van der Waals surface area contributed by atoms with Gasteiger partial charge in [-0.25, -0.2) is 21.6 Å². The summed E-state index contributed by atoms with van der Waals surface area (Å²) in [6, 6.07) is -0.789. The normalized spacial score (nSPS) is 34.8. The predicted octanol–water partition coefficient (Wildman–Crippen LogP) is -0.608. The van der Waals surface area contributed by atoms with Crippen molar-refractivity contribution >= 4 is 25.7 Å². The van der Waals surface area contributed by atoms with E-state index in [9.17, 15) is 21.6 Å². The summed E-state index contributed by atoms with van der Waals surface area (Å²) in [6.45, 7) is 1.74. The van der Waals surface area contributed by atoms with Crippen LogP contribution in [0.2, 0.25) is 0 Å². The number of urea groups is 1. The number of nitrogens with zero attached hydrogens (tertiary/aromatic N) is 1. The zero-order valence-electron chi connectivity index (χ0n) is 11.6. The van der Waals surface area contributed by atoms with Gasteiger partial charge in [-0.05, 0) is 19.8 Å². The minimum Gasteiger partial charge on any atom is -0.334 e. The molecule has 0 aromatic rings. The van der Waals surface area contributed by atoms with E-state index in [4.69, 9.17) is 0 Å². The first-order valence-electron chi connectivity index (χ1n) is 6.48. The Morgan fingerprint density at radius 2 is 1.85 bits per heavy atom. The molecule has 1 N–H and O–H groups in total. The number of hydrogen-bond acceptors (Lipinski definition) is 5. The Morgan fingerprint density at radius 1 is 1.20 bits per heavy atom. The molecular weight excluding hydrogens is 304 g/mol. The molecule has 0 aromatic carbocycles. The van der Waals surface area contributed by atoms with Gasteiger partial charge in [-0.3, -0.25) is 0 Å². The Kier molecular flexibility index (Phi) is 3.79. The van der Waals surface area contributed by atoms with E-state index in [1.807, 2.05) is 0 Å². The predicted molar refractivity (Wildman–Crippen MR) is 75.0 cm³/mol. The first-order chi connectivity index (χ1) is 9.03. The summed E-state index contributed by atoms with van der Waals surface area (Å²) in [6.07, 6.45) is 0.819. The summed E-state index contributed by atoms with van der Waals surface area (Å²) in [5, 5.41) is 2.68. The molecule has 2 atom stereocenters. The second-order valence-electron chi connectivity index (χ2n) is 5.95. The molecule has 0 aliphatic carbocycles. The largest absolute Gasteiger partial charge is 0.334 e. The van der Waals surface area contributed by atoms with Crippen LogP contribution < -0.4 is 5.32 Å². The fourth-order valence-corrected chi connectivity index (χ4v) is 6.54. The van der Waals surface area contributed by atoms with Gasteiger partial charge in [0, 0.05) is 13.1 Å². The topological polar surface area (TPSA) is 101 Å². The van der Waals surface area contributed by atoms with Gasteiger partial charge in [0.25, 0.3) is 0 Å². The van der Waals surface area contributed by atoms with Crippen LogP contribution in [0.4, 0.5) is 4.79 Å². The van der Waals surface area contributed by atoms with Crippen molar-refractivity contribution in [2.75, 3.05) is 30.1 Å².